The third kappa shape index (κ3) is 4.03. The summed E-state index contributed by atoms with van der Waals surface area (Å²) in [6, 6.07) is 7.44. The molecule has 2 aliphatic heterocycles. The van der Waals surface area contributed by atoms with Gasteiger partial charge in [-0.1, -0.05) is 0 Å². The predicted molar refractivity (Wildman–Crippen MR) is 109 cm³/mol. The van der Waals surface area contributed by atoms with Crippen molar-refractivity contribution in [1.82, 2.24) is 34.2 Å². The Morgan fingerprint density at radius 1 is 1.07 bits per heavy atom. The van der Waals surface area contributed by atoms with Gasteiger partial charge >= 0.3 is 0 Å². The Morgan fingerprint density at radius 2 is 1.97 bits per heavy atom. The smallest absolute Gasteiger partial charge is 0.266 e. The lowest BCUT2D eigenvalue weighted by Crippen LogP contribution is -2.36. The second-order valence-corrected chi connectivity index (χ2v) is 8.19. The molecule has 3 aromatic rings. The van der Waals surface area contributed by atoms with Gasteiger partial charge in [0.15, 0.2) is 5.82 Å². The first-order valence-corrected chi connectivity index (χ1v) is 10.6. The molecule has 5 heterocycles. The van der Waals surface area contributed by atoms with Gasteiger partial charge in [-0.2, -0.15) is 10.2 Å². The van der Waals surface area contributed by atoms with E-state index in [0.29, 0.717) is 18.3 Å². The van der Waals surface area contributed by atoms with Gasteiger partial charge in [0.1, 0.15) is 0 Å². The highest BCUT2D eigenvalue weighted by atomic mass is 16.1. The summed E-state index contributed by atoms with van der Waals surface area (Å²) in [5.41, 5.74) is 2.54. The fourth-order valence-electron chi connectivity index (χ4n) is 4.45. The van der Waals surface area contributed by atoms with E-state index in [-0.39, 0.29) is 5.56 Å². The van der Waals surface area contributed by atoms with Gasteiger partial charge in [-0.15, -0.1) is 5.10 Å². The maximum atomic E-state index is 12.3. The zero-order valence-electron chi connectivity index (χ0n) is 16.7. The molecule has 0 bridgehead atoms. The molecule has 0 unspecified atom stereocenters. The molecule has 1 fully saturated rings. The molecule has 8 heteroatoms. The largest absolute Gasteiger partial charge is 0.297 e. The van der Waals surface area contributed by atoms with Crippen molar-refractivity contribution in [3.8, 4) is 5.82 Å². The van der Waals surface area contributed by atoms with Crippen LogP contribution >= 0.6 is 0 Å². The SMILES string of the molecule is O=c1ccc(-n2cccn2)nn1CC1CCN(Cc2cc3n(n2)CCCC3)CC1. The average Bonchev–Trinajstić information content (AvgIpc) is 3.40. The highest BCUT2D eigenvalue weighted by Gasteiger charge is 2.22. The van der Waals surface area contributed by atoms with Crippen LogP contribution in [-0.2, 0) is 26.1 Å². The van der Waals surface area contributed by atoms with E-state index in [1.807, 2.05) is 12.3 Å². The minimum absolute atomic E-state index is 0.0491. The quantitative estimate of drug-likeness (QED) is 0.662. The van der Waals surface area contributed by atoms with E-state index in [2.05, 4.69) is 25.8 Å². The summed E-state index contributed by atoms with van der Waals surface area (Å²) in [5, 5.41) is 13.5. The minimum atomic E-state index is -0.0491. The van der Waals surface area contributed by atoms with Crippen LogP contribution in [0.2, 0.25) is 0 Å². The highest BCUT2D eigenvalue weighted by Crippen LogP contribution is 2.21. The fourth-order valence-corrected chi connectivity index (χ4v) is 4.45. The molecule has 5 rings (SSSR count). The van der Waals surface area contributed by atoms with Crippen molar-refractivity contribution in [3.05, 3.63) is 58.4 Å². The molecule has 0 radical (unpaired) electrons. The molecule has 3 aromatic heterocycles. The Kier molecular flexibility index (Phi) is 5.01. The minimum Gasteiger partial charge on any atom is -0.297 e. The zero-order chi connectivity index (χ0) is 19.6. The van der Waals surface area contributed by atoms with Crippen LogP contribution in [-0.4, -0.2) is 47.3 Å². The van der Waals surface area contributed by atoms with Crippen molar-refractivity contribution < 1.29 is 0 Å². The van der Waals surface area contributed by atoms with Crippen molar-refractivity contribution in [3.63, 3.8) is 0 Å². The molecule has 0 amide bonds. The molecule has 152 valence electrons. The first-order chi connectivity index (χ1) is 14.2. The van der Waals surface area contributed by atoms with Crippen molar-refractivity contribution in [2.45, 2.75) is 51.7 Å². The number of likely N-dealkylation sites (tertiary alicyclic amines) is 1. The molecule has 0 N–H and O–H groups in total. The Bertz CT molecular complexity index is 989. The van der Waals surface area contributed by atoms with Crippen LogP contribution in [0, 0.1) is 5.92 Å². The molecule has 8 nitrogen and oxygen atoms in total. The van der Waals surface area contributed by atoms with E-state index >= 15 is 0 Å². The predicted octanol–water partition coefficient (Wildman–Crippen LogP) is 1.87. The number of fused-ring (bicyclic) bond motifs is 1. The average molecular weight is 393 g/mol. The maximum absolute atomic E-state index is 12.3. The lowest BCUT2D eigenvalue weighted by atomic mass is 9.96. The van der Waals surface area contributed by atoms with Crippen LogP contribution in [0.5, 0.6) is 0 Å². The standard InChI is InChI=1S/C21H27N7O/c29-21-6-5-20(27-11-3-9-22-27)24-28(21)15-17-7-12-25(13-8-17)16-18-14-19-4-1-2-10-26(19)23-18/h3,5-6,9,11,14,17H,1-2,4,7-8,10,12-13,15-16H2. The van der Waals surface area contributed by atoms with Crippen LogP contribution in [0.3, 0.4) is 0 Å². The Balaban J connectivity index is 1.19. The van der Waals surface area contributed by atoms with Crippen molar-refractivity contribution in [1.29, 1.82) is 0 Å². The van der Waals surface area contributed by atoms with E-state index in [1.165, 1.54) is 24.2 Å². The molecule has 0 saturated carbocycles. The summed E-state index contributed by atoms with van der Waals surface area (Å²) in [7, 11) is 0. The third-order valence-electron chi connectivity index (χ3n) is 6.08. The van der Waals surface area contributed by atoms with E-state index in [0.717, 1.165) is 45.4 Å². The third-order valence-corrected chi connectivity index (χ3v) is 6.08. The van der Waals surface area contributed by atoms with Crippen LogP contribution in [0.1, 0.15) is 37.1 Å². The van der Waals surface area contributed by atoms with E-state index in [1.54, 1.807) is 27.7 Å². The normalized spacial score (nSPS) is 18.1. The molecule has 0 spiro atoms. The van der Waals surface area contributed by atoms with Gasteiger partial charge in [0.2, 0.25) is 0 Å². The van der Waals surface area contributed by atoms with Gasteiger partial charge in [0.25, 0.3) is 5.56 Å². The molecule has 0 aliphatic carbocycles. The second kappa shape index (κ2) is 7.94. The zero-order valence-corrected chi connectivity index (χ0v) is 16.7. The van der Waals surface area contributed by atoms with Crippen LogP contribution in [0.25, 0.3) is 5.82 Å². The van der Waals surface area contributed by atoms with Crippen LogP contribution in [0.4, 0.5) is 0 Å². The summed E-state index contributed by atoms with van der Waals surface area (Å²) in [4.78, 5) is 14.8. The molecule has 0 aromatic carbocycles. The lowest BCUT2D eigenvalue weighted by Gasteiger charge is -2.31. The fraction of sp³-hybridized carbons (Fsp3) is 0.524. The monoisotopic (exact) mass is 393 g/mol. The Labute approximate surface area is 169 Å². The molecular weight excluding hydrogens is 366 g/mol. The van der Waals surface area contributed by atoms with E-state index in [4.69, 9.17) is 5.10 Å². The summed E-state index contributed by atoms with van der Waals surface area (Å²) in [6.45, 7) is 4.75. The molecule has 1 saturated heterocycles. The van der Waals surface area contributed by atoms with E-state index in [9.17, 15) is 4.79 Å². The van der Waals surface area contributed by atoms with Gasteiger partial charge < -0.3 is 0 Å². The lowest BCUT2D eigenvalue weighted by molar-refractivity contribution is 0.161. The van der Waals surface area contributed by atoms with Gasteiger partial charge in [0, 0.05) is 43.8 Å². The van der Waals surface area contributed by atoms with Crippen molar-refractivity contribution >= 4 is 0 Å². The van der Waals surface area contributed by atoms with Gasteiger partial charge in [0.05, 0.1) is 5.69 Å². The summed E-state index contributed by atoms with van der Waals surface area (Å²) >= 11 is 0. The first-order valence-electron chi connectivity index (χ1n) is 10.6. The summed E-state index contributed by atoms with van der Waals surface area (Å²) in [6.07, 6.45) is 9.39. The number of hydrogen-bond donors (Lipinski definition) is 0. The van der Waals surface area contributed by atoms with Gasteiger partial charge in [-0.3, -0.25) is 14.4 Å². The molecule has 0 atom stereocenters. The number of aromatic nitrogens is 6. The molecular formula is C21H27N7O. The first kappa shape index (κ1) is 18.3. The Morgan fingerprint density at radius 3 is 2.76 bits per heavy atom. The number of piperidine rings is 1. The second-order valence-electron chi connectivity index (χ2n) is 8.19. The summed E-state index contributed by atoms with van der Waals surface area (Å²) in [5.74, 6) is 1.15. The number of hydrogen-bond acceptors (Lipinski definition) is 5. The number of rotatable bonds is 5. The summed E-state index contributed by atoms with van der Waals surface area (Å²) < 4.78 is 5.47. The Hall–Kier alpha value is -2.74. The number of aryl methyl sites for hydroxylation is 2. The van der Waals surface area contributed by atoms with Crippen LogP contribution in [0.15, 0.2) is 41.5 Å². The van der Waals surface area contributed by atoms with Gasteiger partial charge in [-0.25, -0.2) is 9.36 Å². The van der Waals surface area contributed by atoms with Gasteiger partial charge in [-0.05, 0) is 69.3 Å². The van der Waals surface area contributed by atoms with E-state index < -0.39 is 0 Å². The number of nitrogens with zero attached hydrogens (tertiary/aromatic N) is 7. The highest BCUT2D eigenvalue weighted by molar-refractivity contribution is 5.17. The molecule has 2 aliphatic rings. The maximum Gasteiger partial charge on any atom is 0.266 e. The topological polar surface area (TPSA) is 73.8 Å². The van der Waals surface area contributed by atoms with Crippen molar-refractivity contribution in [2.24, 2.45) is 5.92 Å². The van der Waals surface area contributed by atoms with Crippen molar-refractivity contribution in [2.75, 3.05) is 13.1 Å². The molecule has 29 heavy (non-hydrogen) atoms. The van der Waals surface area contributed by atoms with Crippen LogP contribution < -0.4 is 5.56 Å².